The van der Waals surface area contributed by atoms with Gasteiger partial charge in [0.05, 0.1) is 5.82 Å². The van der Waals surface area contributed by atoms with Gasteiger partial charge in [0.1, 0.15) is 0 Å². The van der Waals surface area contributed by atoms with E-state index < -0.39 is 0 Å². The Kier molecular flexibility index (Phi) is 6.65. The minimum Gasteiger partial charge on any atom is -0.385 e. The summed E-state index contributed by atoms with van der Waals surface area (Å²) in [4.78, 5) is 0. The zero-order valence-electron chi connectivity index (χ0n) is 13.5. The van der Waals surface area contributed by atoms with Gasteiger partial charge in [-0.2, -0.15) is 0 Å². The molecule has 0 saturated carbocycles. The van der Waals surface area contributed by atoms with Crippen LogP contribution in [0.3, 0.4) is 0 Å². The smallest absolute Gasteiger partial charge is 0.0999 e. The number of nitrogens with two attached hydrogens (primary N) is 1. The second-order valence-electron chi connectivity index (χ2n) is 6.20. The lowest BCUT2D eigenvalue weighted by molar-refractivity contribution is 0.573. The summed E-state index contributed by atoms with van der Waals surface area (Å²) in [5, 5.41) is 3.34. The van der Waals surface area contributed by atoms with Crippen LogP contribution in [0.4, 0.5) is 5.69 Å². The number of hydrogen-bond acceptors (Lipinski definition) is 2. The first-order valence-corrected chi connectivity index (χ1v) is 8.63. The van der Waals surface area contributed by atoms with E-state index in [9.17, 15) is 0 Å². The third-order valence-corrected chi connectivity index (χ3v) is 4.40. The molecule has 2 rings (SSSR count). The summed E-state index contributed by atoms with van der Waals surface area (Å²) in [6.45, 7) is 2.27. The van der Waals surface area contributed by atoms with Gasteiger partial charge in [0, 0.05) is 5.69 Å². The average Bonchev–Trinajstić information content (AvgIpc) is 2.50. The number of nitrogens with one attached hydrogen (secondary N) is 1. The van der Waals surface area contributed by atoms with Crippen molar-refractivity contribution < 1.29 is 0 Å². The molecular formula is C19H30N2. The summed E-state index contributed by atoms with van der Waals surface area (Å²) >= 11 is 0. The van der Waals surface area contributed by atoms with Crippen LogP contribution in [0.1, 0.15) is 70.3 Å². The van der Waals surface area contributed by atoms with Gasteiger partial charge in [-0.15, -0.1) is 0 Å². The van der Waals surface area contributed by atoms with Gasteiger partial charge in [0.2, 0.25) is 0 Å². The van der Waals surface area contributed by atoms with Crippen molar-refractivity contribution in [1.29, 1.82) is 0 Å². The van der Waals surface area contributed by atoms with Crippen molar-refractivity contribution in [3.05, 3.63) is 41.2 Å². The van der Waals surface area contributed by atoms with E-state index in [-0.39, 0.29) is 0 Å². The fourth-order valence-corrected chi connectivity index (χ4v) is 3.05. The van der Waals surface area contributed by atoms with Crippen LogP contribution >= 0.6 is 0 Å². The highest BCUT2D eigenvalue weighted by Crippen LogP contribution is 2.28. The molecule has 0 unspecified atom stereocenters. The molecule has 2 heteroatoms. The molecule has 0 amide bonds. The maximum atomic E-state index is 6.16. The lowest BCUT2D eigenvalue weighted by Gasteiger charge is -2.22. The van der Waals surface area contributed by atoms with Crippen LogP contribution in [0.5, 0.6) is 0 Å². The van der Waals surface area contributed by atoms with Crippen molar-refractivity contribution >= 4 is 5.69 Å². The highest BCUT2D eigenvalue weighted by atomic mass is 15.0. The molecule has 0 spiro atoms. The first kappa shape index (κ1) is 15.9. The Morgan fingerprint density at radius 3 is 2.38 bits per heavy atom. The molecule has 0 radical (unpaired) electrons. The zero-order chi connectivity index (χ0) is 14.9. The first-order chi connectivity index (χ1) is 10.3. The number of rotatable bonds is 9. The van der Waals surface area contributed by atoms with E-state index in [1.165, 1.54) is 68.2 Å². The third-order valence-electron chi connectivity index (χ3n) is 4.40. The van der Waals surface area contributed by atoms with Crippen LogP contribution in [0, 0.1) is 0 Å². The number of anilines is 1. The van der Waals surface area contributed by atoms with E-state index in [2.05, 4.69) is 36.5 Å². The molecular weight excluding hydrogens is 256 g/mol. The molecule has 2 nitrogen and oxygen atoms in total. The highest BCUT2D eigenvalue weighted by molar-refractivity contribution is 5.59. The topological polar surface area (TPSA) is 38.0 Å². The van der Waals surface area contributed by atoms with Crippen LogP contribution in [0.25, 0.3) is 0 Å². The monoisotopic (exact) mass is 286 g/mol. The third kappa shape index (κ3) is 5.11. The summed E-state index contributed by atoms with van der Waals surface area (Å²) in [5.41, 5.74) is 10.1. The van der Waals surface area contributed by atoms with Crippen molar-refractivity contribution in [2.45, 2.75) is 71.1 Å². The van der Waals surface area contributed by atoms with Crippen LogP contribution in [0.15, 0.2) is 35.7 Å². The number of hydrogen-bond donors (Lipinski definition) is 2. The molecule has 0 bridgehead atoms. The number of allylic oxidation sites excluding steroid dienone is 1. The van der Waals surface area contributed by atoms with Crippen molar-refractivity contribution in [3.8, 4) is 0 Å². The summed E-state index contributed by atoms with van der Waals surface area (Å²) < 4.78 is 0. The number of fused-ring (bicyclic) bond motifs is 1. The highest BCUT2D eigenvalue weighted by Gasteiger charge is 2.14. The van der Waals surface area contributed by atoms with Gasteiger partial charge < -0.3 is 11.1 Å². The molecule has 1 aliphatic rings. The molecule has 1 aromatic rings. The Morgan fingerprint density at radius 2 is 1.62 bits per heavy atom. The van der Waals surface area contributed by atoms with Crippen LogP contribution in [-0.4, -0.2) is 0 Å². The summed E-state index contributed by atoms with van der Waals surface area (Å²) in [6, 6.07) is 8.47. The lowest BCUT2D eigenvalue weighted by atomic mass is 9.95. The molecule has 0 aromatic heterocycles. The average molecular weight is 286 g/mol. The van der Waals surface area contributed by atoms with E-state index in [0.29, 0.717) is 0 Å². The molecule has 3 N–H and O–H groups in total. The normalized spacial score (nSPS) is 14.0. The zero-order valence-corrected chi connectivity index (χ0v) is 13.5. The summed E-state index contributed by atoms with van der Waals surface area (Å²) in [6.07, 6.45) is 13.1. The Bertz CT molecular complexity index is 462. The van der Waals surface area contributed by atoms with E-state index in [0.717, 1.165) is 18.7 Å². The predicted octanol–water partition coefficient (Wildman–Crippen LogP) is 5.36. The van der Waals surface area contributed by atoms with Crippen LogP contribution in [0.2, 0.25) is 0 Å². The molecule has 0 atom stereocenters. The fourth-order valence-electron chi connectivity index (χ4n) is 3.05. The Hall–Kier alpha value is -1.44. The molecule has 1 aliphatic heterocycles. The second-order valence-corrected chi connectivity index (χ2v) is 6.20. The Labute approximate surface area is 129 Å². The summed E-state index contributed by atoms with van der Waals surface area (Å²) in [7, 11) is 0. The van der Waals surface area contributed by atoms with Gasteiger partial charge in [-0.25, -0.2) is 0 Å². The van der Waals surface area contributed by atoms with E-state index in [4.69, 9.17) is 5.73 Å². The molecule has 1 aromatic carbocycles. The molecule has 0 fully saturated rings. The lowest BCUT2D eigenvalue weighted by Crippen LogP contribution is -2.19. The quantitative estimate of drug-likeness (QED) is 0.600. The van der Waals surface area contributed by atoms with Crippen LogP contribution < -0.4 is 11.1 Å². The van der Waals surface area contributed by atoms with E-state index in [1.807, 2.05) is 0 Å². The molecule has 116 valence electrons. The molecule has 0 aliphatic carbocycles. The molecule has 0 saturated heterocycles. The second kappa shape index (κ2) is 8.76. The Balaban J connectivity index is 1.65. The molecule has 21 heavy (non-hydrogen) atoms. The van der Waals surface area contributed by atoms with Gasteiger partial charge in [0.25, 0.3) is 0 Å². The van der Waals surface area contributed by atoms with Gasteiger partial charge >= 0.3 is 0 Å². The standard InChI is InChI=1S/C19H30N2/c1-2-3-4-5-6-7-8-9-13-17-15-16-12-10-11-14-18(16)21-19(17)20/h10-12,14,21H,2-9,13,15,20H2,1H3. The Morgan fingerprint density at radius 1 is 0.952 bits per heavy atom. The number of benzene rings is 1. The maximum absolute atomic E-state index is 6.16. The van der Waals surface area contributed by atoms with Gasteiger partial charge in [-0.3, -0.25) is 0 Å². The van der Waals surface area contributed by atoms with E-state index in [1.54, 1.807) is 0 Å². The number of para-hydroxylation sites is 1. The number of unbranched alkanes of at least 4 members (excludes halogenated alkanes) is 7. The van der Waals surface area contributed by atoms with Crippen molar-refractivity contribution in [3.63, 3.8) is 0 Å². The van der Waals surface area contributed by atoms with E-state index >= 15 is 0 Å². The van der Waals surface area contributed by atoms with Crippen molar-refractivity contribution in [2.75, 3.05) is 5.32 Å². The minimum absolute atomic E-state index is 0.886. The maximum Gasteiger partial charge on any atom is 0.0999 e. The SMILES string of the molecule is CCCCCCCCCCC1=C(N)Nc2ccccc2C1. The van der Waals surface area contributed by atoms with Gasteiger partial charge in [-0.1, -0.05) is 70.1 Å². The first-order valence-electron chi connectivity index (χ1n) is 8.63. The predicted molar refractivity (Wildman–Crippen MR) is 92.2 cm³/mol. The molecule has 1 heterocycles. The van der Waals surface area contributed by atoms with Gasteiger partial charge in [-0.05, 0) is 36.5 Å². The van der Waals surface area contributed by atoms with Gasteiger partial charge in [0.15, 0.2) is 0 Å². The largest absolute Gasteiger partial charge is 0.385 e. The minimum atomic E-state index is 0.886. The van der Waals surface area contributed by atoms with Crippen LogP contribution in [-0.2, 0) is 6.42 Å². The fraction of sp³-hybridized carbons (Fsp3) is 0.579. The van der Waals surface area contributed by atoms with Crippen molar-refractivity contribution in [2.24, 2.45) is 5.73 Å². The summed E-state index contributed by atoms with van der Waals surface area (Å²) in [5.74, 6) is 0.886. The van der Waals surface area contributed by atoms with Crippen molar-refractivity contribution in [1.82, 2.24) is 0 Å².